The summed E-state index contributed by atoms with van der Waals surface area (Å²) in [6.07, 6.45) is 0.913. The van der Waals surface area contributed by atoms with Crippen LogP contribution in [0.4, 0.5) is 0 Å². The third kappa shape index (κ3) is 3.32. The third-order valence-corrected chi connectivity index (χ3v) is 4.79. The van der Waals surface area contributed by atoms with E-state index in [1.807, 2.05) is 23.1 Å². The van der Waals surface area contributed by atoms with E-state index in [1.165, 1.54) is 0 Å². The van der Waals surface area contributed by atoms with E-state index in [1.54, 1.807) is 0 Å². The van der Waals surface area contributed by atoms with Crippen molar-refractivity contribution in [3.63, 3.8) is 0 Å². The van der Waals surface area contributed by atoms with Crippen molar-refractivity contribution in [2.75, 3.05) is 46.3 Å². The molecule has 0 saturated carbocycles. The lowest BCUT2D eigenvalue weighted by atomic mass is 10.0. The van der Waals surface area contributed by atoms with Gasteiger partial charge in [-0.3, -0.25) is 9.69 Å². The number of piperazine rings is 1. The van der Waals surface area contributed by atoms with Gasteiger partial charge in [0, 0.05) is 45.3 Å². The summed E-state index contributed by atoms with van der Waals surface area (Å²) < 4.78 is 0. The molecule has 2 aliphatic rings. The Hall–Kier alpha value is -1.43. The van der Waals surface area contributed by atoms with Gasteiger partial charge < -0.3 is 15.5 Å². The fourth-order valence-corrected chi connectivity index (χ4v) is 3.39. The molecule has 2 aliphatic heterocycles. The molecular formula is C17H26N4O. The second-order valence-electron chi connectivity index (χ2n) is 6.49. The Morgan fingerprint density at radius 3 is 2.41 bits per heavy atom. The predicted molar refractivity (Wildman–Crippen MR) is 87.4 cm³/mol. The van der Waals surface area contributed by atoms with Gasteiger partial charge in [-0.25, -0.2) is 0 Å². The van der Waals surface area contributed by atoms with Gasteiger partial charge in [-0.1, -0.05) is 30.3 Å². The number of likely N-dealkylation sites (N-methyl/N-ethyl adjacent to an activating group) is 1. The van der Waals surface area contributed by atoms with Crippen molar-refractivity contribution < 1.29 is 4.79 Å². The van der Waals surface area contributed by atoms with Crippen LogP contribution in [-0.2, 0) is 4.79 Å². The third-order valence-electron chi connectivity index (χ3n) is 4.79. The number of rotatable bonds is 3. The summed E-state index contributed by atoms with van der Waals surface area (Å²) in [6.45, 7) is 5.36. The lowest BCUT2D eigenvalue weighted by molar-refractivity contribution is -0.137. The molecule has 2 fully saturated rings. The van der Waals surface area contributed by atoms with Gasteiger partial charge in [-0.05, 0) is 19.0 Å². The van der Waals surface area contributed by atoms with Gasteiger partial charge >= 0.3 is 0 Å². The smallest absolute Gasteiger partial charge is 0.244 e. The standard InChI is InChI=1S/C17H26N4O/c1-19-9-11-20(12-10-19)16(14-5-3-2-4-6-14)17(22)21-8-7-15(18)13-21/h2-6,15-16H,7-13,18H2,1H3/t15-,16?/m1/s1. The van der Waals surface area contributed by atoms with Gasteiger partial charge in [0.25, 0.3) is 0 Å². The van der Waals surface area contributed by atoms with Crippen LogP contribution in [0.15, 0.2) is 30.3 Å². The molecule has 1 aromatic carbocycles. The molecule has 0 bridgehead atoms. The molecule has 0 aliphatic carbocycles. The van der Waals surface area contributed by atoms with Crippen LogP contribution in [-0.4, -0.2) is 73.0 Å². The van der Waals surface area contributed by atoms with Crippen LogP contribution in [0.1, 0.15) is 18.0 Å². The molecule has 0 spiro atoms. The summed E-state index contributed by atoms with van der Waals surface area (Å²) in [7, 11) is 2.14. The summed E-state index contributed by atoms with van der Waals surface area (Å²) in [5.74, 6) is 0.212. The van der Waals surface area contributed by atoms with Crippen molar-refractivity contribution in [1.82, 2.24) is 14.7 Å². The number of amides is 1. The number of hydrogen-bond donors (Lipinski definition) is 1. The first-order valence-electron chi connectivity index (χ1n) is 8.17. The first kappa shape index (κ1) is 15.5. The summed E-state index contributed by atoms with van der Waals surface area (Å²) in [5, 5.41) is 0. The number of benzene rings is 1. The Labute approximate surface area is 132 Å². The topological polar surface area (TPSA) is 52.8 Å². The number of hydrogen-bond acceptors (Lipinski definition) is 4. The van der Waals surface area contributed by atoms with Gasteiger partial charge in [0.05, 0.1) is 0 Å². The van der Waals surface area contributed by atoms with Crippen molar-refractivity contribution in [3.8, 4) is 0 Å². The molecule has 2 heterocycles. The lowest BCUT2D eigenvalue weighted by Crippen LogP contribution is -2.50. The summed E-state index contributed by atoms with van der Waals surface area (Å²) >= 11 is 0. The van der Waals surface area contributed by atoms with Crippen LogP contribution in [0, 0.1) is 0 Å². The molecule has 22 heavy (non-hydrogen) atoms. The minimum Gasteiger partial charge on any atom is -0.339 e. The largest absolute Gasteiger partial charge is 0.339 e. The number of likely N-dealkylation sites (tertiary alicyclic amines) is 1. The highest BCUT2D eigenvalue weighted by molar-refractivity contribution is 5.83. The van der Waals surface area contributed by atoms with E-state index in [-0.39, 0.29) is 18.0 Å². The molecule has 5 nitrogen and oxygen atoms in total. The Morgan fingerprint density at radius 2 is 1.82 bits per heavy atom. The fraction of sp³-hybridized carbons (Fsp3) is 0.588. The Kier molecular flexibility index (Phi) is 4.76. The molecule has 0 aromatic heterocycles. The molecule has 120 valence electrons. The van der Waals surface area contributed by atoms with Crippen LogP contribution < -0.4 is 5.73 Å². The summed E-state index contributed by atoms with van der Waals surface area (Å²) in [6, 6.07) is 10.1. The zero-order valence-electron chi connectivity index (χ0n) is 13.3. The molecule has 1 unspecified atom stereocenters. The molecular weight excluding hydrogens is 276 g/mol. The van der Waals surface area contributed by atoms with Crippen LogP contribution in [0.25, 0.3) is 0 Å². The van der Waals surface area contributed by atoms with E-state index in [2.05, 4.69) is 29.0 Å². The van der Waals surface area contributed by atoms with E-state index in [0.29, 0.717) is 6.54 Å². The van der Waals surface area contributed by atoms with E-state index in [0.717, 1.165) is 44.7 Å². The van der Waals surface area contributed by atoms with Crippen molar-refractivity contribution >= 4 is 5.91 Å². The van der Waals surface area contributed by atoms with Gasteiger partial charge in [-0.15, -0.1) is 0 Å². The zero-order chi connectivity index (χ0) is 15.5. The predicted octanol–water partition coefficient (Wildman–Crippen LogP) is 0.535. The first-order chi connectivity index (χ1) is 10.6. The average molecular weight is 302 g/mol. The Morgan fingerprint density at radius 1 is 1.14 bits per heavy atom. The number of nitrogens with two attached hydrogens (primary N) is 1. The zero-order valence-corrected chi connectivity index (χ0v) is 13.3. The lowest BCUT2D eigenvalue weighted by Gasteiger charge is -2.38. The van der Waals surface area contributed by atoms with Gasteiger partial charge in [-0.2, -0.15) is 0 Å². The van der Waals surface area contributed by atoms with E-state index in [9.17, 15) is 4.79 Å². The second kappa shape index (κ2) is 6.77. The quantitative estimate of drug-likeness (QED) is 0.885. The highest BCUT2D eigenvalue weighted by Crippen LogP contribution is 2.26. The maximum absolute atomic E-state index is 13.1. The number of carbonyl (C=O) groups is 1. The minimum absolute atomic E-state index is 0.132. The normalized spacial score (nSPS) is 25.4. The highest BCUT2D eigenvalue weighted by atomic mass is 16.2. The number of nitrogens with zero attached hydrogens (tertiary/aromatic N) is 3. The Bertz CT molecular complexity index is 499. The maximum atomic E-state index is 13.1. The van der Waals surface area contributed by atoms with Crippen LogP contribution in [0.3, 0.4) is 0 Å². The van der Waals surface area contributed by atoms with Crippen molar-refractivity contribution in [2.24, 2.45) is 5.73 Å². The van der Waals surface area contributed by atoms with E-state index in [4.69, 9.17) is 5.73 Å². The molecule has 2 atom stereocenters. The molecule has 1 amide bonds. The Balaban J connectivity index is 1.81. The first-order valence-corrected chi connectivity index (χ1v) is 8.17. The molecule has 5 heteroatoms. The monoisotopic (exact) mass is 302 g/mol. The fourth-order valence-electron chi connectivity index (χ4n) is 3.39. The van der Waals surface area contributed by atoms with Crippen molar-refractivity contribution in [1.29, 1.82) is 0 Å². The maximum Gasteiger partial charge on any atom is 0.244 e. The van der Waals surface area contributed by atoms with Crippen LogP contribution in [0.2, 0.25) is 0 Å². The van der Waals surface area contributed by atoms with E-state index < -0.39 is 0 Å². The van der Waals surface area contributed by atoms with Crippen molar-refractivity contribution in [3.05, 3.63) is 35.9 Å². The van der Waals surface area contributed by atoms with E-state index >= 15 is 0 Å². The van der Waals surface area contributed by atoms with Gasteiger partial charge in [0.2, 0.25) is 5.91 Å². The van der Waals surface area contributed by atoms with Crippen LogP contribution in [0.5, 0.6) is 0 Å². The average Bonchev–Trinajstić information content (AvgIpc) is 2.97. The van der Waals surface area contributed by atoms with Gasteiger partial charge in [0.15, 0.2) is 0 Å². The SMILES string of the molecule is CN1CCN(C(C(=O)N2CC[C@@H](N)C2)c2ccccc2)CC1. The molecule has 2 saturated heterocycles. The van der Waals surface area contributed by atoms with Gasteiger partial charge in [0.1, 0.15) is 6.04 Å². The molecule has 2 N–H and O–H groups in total. The highest BCUT2D eigenvalue weighted by Gasteiger charge is 2.35. The minimum atomic E-state index is -0.166. The molecule has 3 rings (SSSR count). The summed E-state index contributed by atoms with van der Waals surface area (Å²) in [5.41, 5.74) is 7.08. The van der Waals surface area contributed by atoms with Crippen molar-refractivity contribution in [2.45, 2.75) is 18.5 Å². The van der Waals surface area contributed by atoms with Crippen LogP contribution >= 0.6 is 0 Å². The molecule has 1 aromatic rings. The second-order valence-corrected chi connectivity index (χ2v) is 6.49. The molecule has 0 radical (unpaired) electrons. The summed E-state index contributed by atoms with van der Waals surface area (Å²) in [4.78, 5) is 19.7. The number of carbonyl (C=O) groups excluding carboxylic acids is 1.